The lowest BCUT2D eigenvalue weighted by molar-refractivity contribution is -0.128. The van der Waals surface area contributed by atoms with E-state index < -0.39 is 11.8 Å². The average Bonchev–Trinajstić information content (AvgIpc) is 2.65. The number of hydrazine groups is 1. The first kappa shape index (κ1) is 18.9. The number of anilines is 1. The zero-order chi connectivity index (χ0) is 18.8. The summed E-state index contributed by atoms with van der Waals surface area (Å²) in [6, 6.07) is 16.7. The normalized spacial score (nSPS) is 10.3. The third-order valence-electron chi connectivity index (χ3n) is 3.47. The fourth-order valence-corrected chi connectivity index (χ4v) is 2.06. The van der Waals surface area contributed by atoms with Crippen LogP contribution < -0.4 is 16.2 Å². The first-order valence-electron chi connectivity index (χ1n) is 8.21. The minimum absolute atomic E-state index is 0.0236. The molecule has 3 amide bonds. The highest BCUT2D eigenvalue weighted by molar-refractivity contribution is 5.95. The SMILES string of the molecule is Cc1ccc(/C=C/C(=O)NNC(=O)CCC(=O)Nc2ccccc2)cc1. The van der Waals surface area contributed by atoms with Crippen LogP contribution in [0.4, 0.5) is 5.69 Å². The number of hydrogen-bond donors (Lipinski definition) is 3. The number of carbonyl (C=O) groups is 3. The number of hydrogen-bond acceptors (Lipinski definition) is 3. The number of amides is 3. The van der Waals surface area contributed by atoms with E-state index in [0.717, 1.165) is 11.1 Å². The van der Waals surface area contributed by atoms with E-state index in [2.05, 4.69) is 16.2 Å². The van der Waals surface area contributed by atoms with Gasteiger partial charge >= 0.3 is 0 Å². The number of carbonyl (C=O) groups excluding carboxylic acids is 3. The Hall–Kier alpha value is -3.41. The summed E-state index contributed by atoms with van der Waals surface area (Å²) >= 11 is 0. The lowest BCUT2D eigenvalue weighted by atomic mass is 10.1. The number of para-hydroxylation sites is 1. The molecule has 0 atom stereocenters. The Labute approximate surface area is 152 Å². The van der Waals surface area contributed by atoms with Crippen LogP contribution in [0, 0.1) is 6.92 Å². The number of benzene rings is 2. The van der Waals surface area contributed by atoms with Crippen LogP contribution in [0.2, 0.25) is 0 Å². The standard InChI is InChI=1S/C20H21N3O3/c1-15-7-9-16(10-8-15)11-12-19(25)22-23-20(26)14-13-18(24)21-17-5-3-2-4-6-17/h2-12H,13-14H2,1H3,(H,21,24)(H,22,25)(H,23,26)/b12-11+. The van der Waals surface area contributed by atoms with Gasteiger partial charge in [-0.2, -0.15) is 0 Å². The number of nitrogens with one attached hydrogen (secondary N) is 3. The molecule has 2 rings (SSSR count). The molecule has 0 bridgehead atoms. The summed E-state index contributed by atoms with van der Waals surface area (Å²) in [4.78, 5) is 35.1. The molecular formula is C20H21N3O3. The summed E-state index contributed by atoms with van der Waals surface area (Å²) in [5.41, 5.74) is 7.25. The molecule has 0 aliphatic rings. The molecule has 0 spiro atoms. The van der Waals surface area contributed by atoms with E-state index in [1.807, 2.05) is 49.4 Å². The van der Waals surface area contributed by atoms with Gasteiger partial charge in [-0.05, 0) is 30.7 Å². The van der Waals surface area contributed by atoms with Gasteiger partial charge in [0.05, 0.1) is 0 Å². The van der Waals surface area contributed by atoms with E-state index in [1.165, 1.54) is 6.08 Å². The third-order valence-corrected chi connectivity index (χ3v) is 3.47. The van der Waals surface area contributed by atoms with Gasteiger partial charge in [-0.25, -0.2) is 0 Å². The van der Waals surface area contributed by atoms with Crippen molar-refractivity contribution in [1.29, 1.82) is 0 Å². The van der Waals surface area contributed by atoms with Gasteiger partial charge in [0.1, 0.15) is 0 Å². The summed E-state index contributed by atoms with van der Waals surface area (Å²) < 4.78 is 0. The summed E-state index contributed by atoms with van der Waals surface area (Å²) in [6.07, 6.45) is 2.97. The molecule has 0 aromatic heterocycles. The average molecular weight is 351 g/mol. The zero-order valence-electron chi connectivity index (χ0n) is 14.5. The van der Waals surface area contributed by atoms with E-state index in [9.17, 15) is 14.4 Å². The molecular weight excluding hydrogens is 330 g/mol. The van der Waals surface area contributed by atoms with Crippen molar-refractivity contribution in [2.75, 3.05) is 5.32 Å². The lowest BCUT2D eigenvalue weighted by Gasteiger charge is -2.06. The smallest absolute Gasteiger partial charge is 0.262 e. The number of aryl methyl sites for hydroxylation is 1. The summed E-state index contributed by atoms with van der Waals surface area (Å²) in [6.45, 7) is 1.98. The topological polar surface area (TPSA) is 87.3 Å². The Balaban J connectivity index is 1.67. The second kappa shape index (κ2) is 9.78. The van der Waals surface area contributed by atoms with E-state index in [0.29, 0.717) is 5.69 Å². The van der Waals surface area contributed by atoms with Crippen LogP contribution in [0.3, 0.4) is 0 Å². The molecule has 6 heteroatoms. The van der Waals surface area contributed by atoms with Crippen LogP contribution in [0.5, 0.6) is 0 Å². The van der Waals surface area contributed by atoms with Gasteiger partial charge in [0.25, 0.3) is 5.91 Å². The van der Waals surface area contributed by atoms with Gasteiger partial charge in [-0.1, -0.05) is 48.0 Å². The Kier molecular flexibility index (Phi) is 7.12. The van der Waals surface area contributed by atoms with Gasteiger partial charge in [0.2, 0.25) is 11.8 Å². The summed E-state index contributed by atoms with van der Waals surface area (Å²) in [5.74, 6) is -1.16. The minimum atomic E-state index is -0.451. The molecule has 6 nitrogen and oxygen atoms in total. The van der Waals surface area contributed by atoms with Crippen molar-refractivity contribution in [2.24, 2.45) is 0 Å². The van der Waals surface area contributed by atoms with Crippen molar-refractivity contribution < 1.29 is 14.4 Å². The van der Waals surface area contributed by atoms with Crippen molar-refractivity contribution in [1.82, 2.24) is 10.9 Å². The van der Waals surface area contributed by atoms with E-state index >= 15 is 0 Å². The van der Waals surface area contributed by atoms with Gasteiger partial charge in [0.15, 0.2) is 0 Å². The second-order valence-corrected chi connectivity index (χ2v) is 5.70. The fraction of sp³-hybridized carbons (Fsp3) is 0.150. The van der Waals surface area contributed by atoms with Gasteiger partial charge < -0.3 is 5.32 Å². The molecule has 0 aliphatic heterocycles. The van der Waals surface area contributed by atoms with Crippen molar-refractivity contribution >= 4 is 29.5 Å². The molecule has 2 aromatic rings. The zero-order valence-corrected chi connectivity index (χ0v) is 14.5. The van der Waals surface area contributed by atoms with Gasteiger partial charge in [-0.3, -0.25) is 25.2 Å². The van der Waals surface area contributed by atoms with Crippen molar-refractivity contribution in [3.8, 4) is 0 Å². The molecule has 0 fully saturated rings. The molecule has 0 unspecified atom stereocenters. The Bertz CT molecular complexity index is 784. The van der Waals surface area contributed by atoms with Crippen LogP contribution in [0.1, 0.15) is 24.0 Å². The predicted molar refractivity (Wildman–Crippen MR) is 101 cm³/mol. The monoisotopic (exact) mass is 351 g/mol. The molecule has 0 heterocycles. The Morgan fingerprint density at radius 3 is 2.19 bits per heavy atom. The maximum absolute atomic E-state index is 11.7. The summed E-state index contributed by atoms with van der Waals surface area (Å²) in [7, 11) is 0. The van der Waals surface area contributed by atoms with Gasteiger partial charge in [-0.15, -0.1) is 0 Å². The fourth-order valence-electron chi connectivity index (χ4n) is 2.06. The molecule has 26 heavy (non-hydrogen) atoms. The largest absolute Gasteiger partial charge is 0.326 e. The number of rotatable bonds is 6. The van der Waals surface area contributed by atoms with E-state index in [1.54, 1.807) is 18.2 Å². The maximum atomic E-state index is 11.7. The van der Waals surface area contributed by atoms with Crippen molar-refractivity contribution in [2.45, 2.75) is 19.8 Å². The van der Waals surface area contributed by atoms with E-state index in [4.69, 9.17) is 0 Å². The van der Waals surface area contributed by atoms with Gasteiger partial charge in [0, 0.05) is 24.6 Å². The highest BCUT2D eigenvalue weighted by atomic mass is 16.2. The first-order valence-corrected chi connectivity index (χ1v) is 8.21. The highest BCUT2D eigenvalue weighted by Gasteiger charge is 2.07. The summed E-state index contributed by atoms with van der Waals surface area (Å²) in [5, 5.41) is 2.69. The first-order chi connectivity index (χ1) is 12.5. The van der Waals surface area contributed by atoms with Crippen LogP contribution >= 0.6 is 0 Å². The molecule has 0 saturated carbocycles. The maximum Gasteiger partial charge on any atom is 0.262 e. The van der Waals surface area contributed by atoms with Crippen LogP contribution in [0.25, 0.3) is 6.08 Å². The molecule has 0 radical (unpaired) electrons. The van der Waals surface area contributed by atoms with Crippen molar-refractivity contribution in [3.63, 3.8) is 0 Å². The second-order valence-electron chi connectivity index (χ2n) is 5.70. The van der Waals surface area contributed by atoms with Crippen LogP contribution in [0.15, 0.2) is 60.7 Å². The molecule has 3 N–H and O–H groups in total. The molecule has 134 valence electrons. The molecule has 0 saturated heterocycles. The molecule has 2 aromatic carbocycles. The predicted octanol–water partition coefficient (Wildman–Crippen LogP) is 2.57. The minimum Gasteiger partial charge on any atom is -0.326 e. The Morgan fingerprint density at radius 1 is 0.846 bits per heavy atom. The lowest BCUT2D eigenvalue weighted by Crippen LogP contribution is -2.41. The van der Waals surface area contributed by atoms with Crippen molar-refractivity contribution in [3.05, 3.63) is 71.8 Å². The quantitative estimate of drug-likeness (QED) is 0.552. The van der Waals surface area contributed by atoms with E-state index in [-0.39, 0.29) is 18.7 Å². The van der Waals surface area contributed by atoms with Crippen LogP contribution in [-0.2, 0) is 14.4 Å². The molecule has 0 aliphatic carbocycles. The third kappa shape index (κ3) is 7.00. The van der Waals surface area contributed by atoms with Crippen LogP contribution in [-0.4, -0.2) is 17.7 Å². The Morgan fingerprint density at radius 2 is 1.50 bits per heavy atom. The highest BCUT2D eigenvalue weighted by Crippen LogP contribution is 2.06.